The Morgan fingerprint density at radius 3 is 2.23 bits per heavy atom. The zero-order valence-electron chi connectivity index (χ0n) is 15.0. The number of hydrogen-bond acceptors (Lipinski definition) is 3. The Hall–Kier alpha value is -2.04. The van der Waals surface area contributed by atoms with Gasteiger partial charge in [-0.05, 0) is 54.8 Å². The van der Waals surface area contributed by atoms with Crippen LogP contribution in [0.3, 0.4) is 0 Å². The van der Waals surface area contributed by atoms with Crippen molar-refractivity contribution in [3.8, 4) is 0 Å². The second-order valence-electron chi connectivity index (χ2n) is 6.73. The van der Waals surface area contributed by atoms with Gasteiger partial charge in [-0.15, -0.1) is 0 Å². The average Bonchev–Trinajstić information content (AvgIpc) is 2.93. The van der Waals surface area contributed by atoms with E-state index in [1.807, 2.05) is 36.4 Å². The number of halogens is 1. The Balaban J connectivity index is 1.44. The minimum absolute atomic E-state index is 0.0403. The van der Waals surface area contributed by atoms with Gasteiger partial charge in [0.15, 0.2) is 0 Å². The summed E-state index contributed by atoms with van der Waals surface area (Å²) in [4.78, 5) is 14.5. The van der Waals surface area contributed by atoms with Gasteiger partial charge in [-0.3, -0.25) is 4.79 Å². The van der Waals surface area contributed by atoms with Crippen LogP contribution in [-0.4, -0.2) is 25.5 Å². The van der Waals surface area contributed by atoms with Crippen molar-refractivity contribution in [2.24, 2.45) is 0 Å². The van der Waals surface area contributed by atoms with E-state index in [9.17, 15) is 4.79 Å². The highest BCUT2D eigenvalue weighted by Crippen LogP contribution is 2.21. The maximum atomic E-state index is 12.1. The van der Waals surface area contributed by atoms with Crippen molar-refractivity contribution < 1.29 is 4.79 Å². The second-order valence-corrected chi connectivity index (χ2v) is 7.16. The molecule has 3 rings (SSSR count). The van der Waals surface area contributed by atoms with Crippen molar-refractivity contribution in [2.45, 2.75) is 32.2 Å². The van der Waals surface area contributed by atoms with E-state index in [0.29, 0.717) is 6.54 Å². The van der Waals surface area contributed by atoms with E-state index in [0.717, 1.165) is 29.4 Å². The molecule has 1 heterocycles. The number of carbonyl (C=O) groups excluding carboxylic acids is 1. The van der Waals surface area contributed by atoms with Crippen molar-refractivity contribution >= 4 is 28.9 Å². The SMILES string of the molecule is O=C(CNCc1ccc(Cl)cc1)Nc1ccc(N2CCCCCC2)cc1. The van der Waals surface area contributed by atoms with Crippen LogP contribution in [0.15, 0.2) is 48.5 Å². The summed E-state index contributed by atoms with van der Waals surface area (Å²) in [6, 6.07) is 15.8. The molecule has 26 heavy (non-hydrogen) atoms. The standard InChI is InChI=1S/C21H26ClN3O/c22-18-7-5-17(6-8-18)15-23-16-21(26)24-19-9-11-20(12-10-19)25-13-3-1-2-4-14-25/h5-12,23H,1-4,13-16H2,(H,24,26). The predicted octanol–water partition coefficient (Wildman–Crippen LogP) is 4.45. The van der Waals surface area contributed by atoms with E-state index >= 15 is 0 Å². The molecular formula is C21H26ClN3O. The molecule has 2 N–H and O–H groups in total. The molecule has 0 saturated carbocycles. The molecule has 1 amide bonds. The van der Waals surface area contributed by atoms with Crippen molar-refractivity contribution in [3.63, 3.8) is 0 Å². The quantitative estimate of drug-likeness (QED) is 0.788. The van der Waals surface area contributed by atoms with Crippen LogP contribution in [0.4, 0.5) is 11.4 Å². The third-order valence-electron chi connectivity index (χ3n) is 4.65. The Labute approximate surface area is 160 Å². The lowest BCUT2D eigenvalue weighted by molar-refractivity contribution is -0.115. The van der Waals surface area contributed by atoms with E-state index in [-0.39, 0.29) is 12.5 Å². The van der Waals surface area contributed by atoms with Crippen molar-refractivity contribution in [2.75, 3.05) is 29.9 Å². The van der Waals surface area contributed by atoms with Crippen LogP contribution in [0.5, 0.6) is 0 Å². The monoisotopic (exact) mass is 371 g/mol. The molecule has 0 aliphatic carbocycles. The van der Waals surface area contributed by atoms with Gasteiger partial charge in [0.25, 0.3) is 0 Å². The molecule has 0 atom stereocenters. The molecule has 138 valence electrons. The van der Waals surface area contributed by atoms with Crippen molar-refractivity contribution in [1.29, 1.82) is 0 Å². The van der Waals surface area contributed by atoms with Crippen LogP contribution in [0.1, 0.15) is 31.2 Å². The number of nitrogens with one attached hydrogen (secondary N) is 2. The molecular weight excluding hydrogens is 346 g/mol. The van der Waals surface area contributed by atoms with E-state index in [2.05, 4.69) is 27.7 Å². The lowest BCUT2D eigenvalue weighted by Crippen LogP contribution is -2.27. The zero-order chi connectivity index (χ0) is 18.2. The third-order valence-corrected chi connectivity index (χ3v) is 4.90. The topological polar surface area (TPSA) is 44.4 Å². The molecule has 1 aliphatic heterocycles. The first-order valence-corrected chi connectivity index (χ1v) is 9.68. The first-order chi connectivity index (χ1) is 12.7. The summed E-state index contributed by atoms with van der Waals surface area (Å²) >= 11 is 5.87. The predicted molar refractivity (Wildman–Crippen MR) is 109 cm³/mol. The smallest absolute Gasteiger partial charge is 0.238 e. The third kappa shape index (κ3) is 5.75. The van der Waals surface area contributed by atoms with E-state index < -0.39 is 0 Å². The minimum atomic E-state index is -0.0403. The molecule has 5 heteroatoms. The first-order valence-electron chi connectivity index (χ1n) is 9.31. The van der Waals surface area contributed by atoms with Gasteiger partial charge in [-0.25, -0.2) is 0 Å². The molecule has 4 nitrogen and oxygen atoms in total. The normalized spacial score (nSPS) is 14.7. The summed E-state index contributed by atoms with van der Waals surface area (Å²) < 4.78 is 0. The van der Waals surface area contributed by atoms with Crippen molar-refractivity contribution in [3.05, 3.63) is 59.1 Å². The maximum absolute atomic E-state index is 12.1. The highest BCUT2D eigenvalue weighted by Gasteiger charge is 2.10. The van der Waals surface area contributed by atoms with Gasteiger partial charge in [0.05, 0.1) is 6.54 Å². The average molecular weight is 372 g/mol. The zero-order valence-corrected chi connectivity index (χ0v) is 15.8. The van der Waals surface area contributed by atoms with Gasteiger partial charge < -0.3 is 15.5 Å². The van der Waals surface area contributed by atoms with Crippen LogP contribution in [0, 0.1) is 0 Å². The summed E-state index contributed by atoms with van der Waals surface area (Å²) in [6.45, 7) is 3.16. The van der Waals surface area contributed by atoms with Gasteiger partial charge in [0.1, 0.15) is 0 Å². The number of nitrogens with zero attached hydrogens (tertiary/aromatic N) is 1. The maximum Gasteiger partial charge on any atom is 0.238 e. The van der Waals surface area contributed by atoms with Crippen LogP contribution >= 0.6 is 11.6 Å². The lowest BCUT2D eigenvalue weighted by Gasteiger charge is -2.22. The molecule has 1 saturated heterocycles. The molecule has 2 aromatic carbocycles. The van der Waals surface area contributed by atoms with Crippen molar-refractivity contribution in [1.82, 2.24) is 5.32 Å². The summed E-state index contributed by atoms with van der Waals surface area (Å²) in [5.41, 5.74) is 3.18. The minimum Gasteiger partial charge on any atom is -0.372 e. The Bertz CT molecular complexity index is 692. The number of carbonyl (C=O) groups is 1. The summed E-state index contributed by atoms with van der Waals surface area (Å²) in [5, 5.41) is 6.80. The van der Waals surface area contributed by atoms with E-state index in [4.69, 9.17) is 11.6 Å². The van der Waals surface area contributed by atoms with Crippen LogP contribution in [0.2, 0.25) is 5.02 Å². The Kier molecular flexibility index (Phi) is 6.92. The van der Waals surface area contributed by atoms with E-state index in [1.54, 1.807) is 0 Å². The van der Waals surface area contributed by atoms with Gasteiger partial charge in [0.2, 0.25) is 5.91 Å². The van der Waals surface area contributed by atoms with E-state index in [1.165, 1.54) is 31.4 Å². The molecule has 1 fully saturated rings. The fourth-order valence-electron chi connectivity index (χ4n) is 3.21. The summed E-state index contributed by atoms with van der Waals surface area (Å²) in [7, 11) is 0. The Morgan fingerprint density at radius 2 is 1.58 bits per heavy atom. The van der Waals surface area contributed by atoms with Crippen LogP contribution in [-0.2, 0) is 11.3 Å². The largest absolute Gasteiger partial charge is 0.372 e. The molecule has 0 aromatic heterocycles. The number of anilines is 2. The molecule has 2 aromatic rings. The molecule has 0 spiro atoms. The van der Waals surface area contributed by atoms with Gasteiger partial charge in [-0.1, -0.05) is 36.6 Å². The van der Waals surface area contributed by atoms with Gasteiger partial charge in [0, 0.05) is 36.0 Å². The number of rotatable bonds is 6. The number of hydrogen-bond donors (Lipinski definition) is 2. The molecule has 0 bridgehead atoms. The second kappa shape index (κ2) is 9.60. The highest BCUT2D eigenvalue weighted by atomic mass is 35.5. The first kappa shape index (κ1) is 18.7. The van der Waals surface area contributed by atoms with Gasteiger partial charge in [-0.2, -0.15) is 0 Å². The van der Waals surface area contributed by atoms with Crippen LogP contribution in [0.25, 0.3) is 0 Å². The Morgan fingerprint density at radius 1 is 0.923 bits per heavy atom. The number of benzene rings is 2. The highest BCUT2D eigenvalue weighted by molar-refractivity contribution is 6.30. The molecule has 1 aliphatic rings. The molecule has 0 radical (unpaired) electrons. The molecule has 0 unspecified atom stereocenters. The van der Waals surface area contributed by atoms with Gasteiger partial charge >= 0.3 is 0 Å². The number of amides is 1. The fraction of sp³-hybridized carbons (Fsp3) is 0.381. The summed E-state index contributed by atoms with van der Waals surface area (Å²) in [5.74, 6) is -0.0403. The summed E-state index contributed by atoms with van der Waals surface area (Å²) in [6.07, 6.45) is 5.18. The fourth-order valence-corrected chi connectivity index (χ4v) is 3.34. The van der Waals surface area contributed by atoms with Crippen LogP contribution < -0.4 is 15.5 Å². The lowest BCUT2D eigenvalue weighted by atomic mass is 10.2.